The number of fused-ring (bicyclic) bond motifs is 1. The molecule has 4 nitrogen and oxygen atoms in total. The van der Waals surface area contributed by atoms with Crippen molar-refractivity contribution < 1.29 is 13.9 Å². The first kappa shape index (κ1) is 13.8. The summed E-state index contributed by atoms with van der Waals surface area (Å²) in [5.41, 5.74) is 2.00. The molecule has 3 rings (SSSR count). The summed E-state index contributed by atoms with van der Waals surface area (Å²) in [5, 5.41) is 15.4. The zero-order valence-electron chi connectivity index (χ0n) is 12.0. The summed E-state index contributed by atoms with van der Waals surface area (Å²) in [5.74, 6) is 0.120. The third-order valence-electron chi connectivity index (χ3n) is 3.61. The number of benzene rings is 1. The Morgan fingerprint density at radius 3 is 3.00 bits per heavy atom. The van der Waals surface area contributed by atoms with Crippen molar-refractivity contribution in [3.63, 3.8) is 0 Å². The summed E-state index contributed by atoms with van der Waals surface area (Å²) in [6.07, 6.45) is 3.51. The van der Waals surface area contributed by atoms with Crippen LogP contribution in [-0.2, 0) is 6.54 Å². The molecular formula is C16H17FN2O2. The molecule has 0 saturated carbocycles. The monoisotopic (exact) mass is 288 g/mol. The maximum atomic E-state index is 13.3. The van der Waals surface area contributed by atoms with Gasteiger partial charge in [-0.15, -0.1) is 0 Å². The number of aliphatic hydroxyl groups excluding tert-OH is 1. The Morgan fingerprint density at radius 2 is 2.24 bits per heavy atom. The normalized spacial score (nSPS) is 13.0. The predicted molar refractivity (Wildman–Crippen MR) is 77.5 cm³/mol. The Kier molecular flexibility index (Phi) is 3.51. The first-order valence-electron chi connectivity index (χ1n) is 6.99. The summed E-state index contributed by atoms with van der Waals surface area (Å²) in [6, 6.07) is 4.35. The highest BCUT2D eigenvalue weighted by Gasteiger charge is 2.21. The fourth-order valence-corrected chi connectivity index (χ4v) is 2.50. The molecule has 1 aromatic carbocycles. The van der Waals surface area contributed by atoms with E-state index in [-0.39, 0.29) is 5.82 Å². The van der Waals surface area contributed by atoms with Crippen LogP contribution in [0.1, 0.15) is 36.3 Å². The Hall–Kier alpha value is -2.14. The molecule has 0 saturated heterocycles. The van der Waals surface area contributed by atoms with Crippen molar-refractivity contribution in [2.45, 2.75) is 32.9 Å². The average Bonchev–Trinajstić information content (AvgIpc) is 3.05. The van der Waals surface area contributed by atoms with Crippen LogP contribution in [0.4, 0.5) is 4.39 Å². The molecule has 0 aliphatic heterocycles. The zero-order valence-corrected chi connectivity index (χ0v) is 12.0. The summed E-state index contributed by atoms with van der Waals surface area (Å²) in [4.78, 5) is 0. The number of hydrogen-bond acceptors (Lipinski definition) is 3. The first-order chi connectivity index (χ1) is 10.1. The number of aliphatic hydroxyl groups is 1. The standard InChI is InChI=1S/C16H17FN2O2/c1-3-6-19-9-11(8-18-19)15(20)16-10(2)13-7-12(17)4-5-14(13)21-16/h4-5,7-9,15,20H,3,6H2,1-2H3. The number of nitrogens with zero attached hydrogens (tertiary/aromatic N) is 2. The van der Waals surface area contributed by atoms with Crippen molar-refractivity contribution >= 4 is 11.0 Å². The number of aromatic nitrogens is 2. The predicted octanol–water partition coefficient (Wildman–Crippen LogP) is 3.57. The molecule has 0 spiro atoms. The molecule has 0 aliphatic carbocycles. The van der Waals surface area contributed by atoms with Crippen LogP contribution in [0.15, 0.2) is 35.0 Å². The second kappa shape index (κ2) is 5.33. The van der Waals surface area contributed by atoms with Crippen molar-refractivity contribution in [2.75, 3.05) is 0 Å². The molecule has 0 radical (unpaired) electrons. The van der Waals surface area contributed by atoms with Crippen LogP contribution in [0.3, 0.4) is 0 Å². The minimum Gasteiger partial charge on any atom is -0.458 e. The molecular weight excluding hydrogens is 271 g/mol. The summed E-state index contributed by atoms with van der Waals surface area (Å²) < 4.78 is 20.8. The van der Waals surface area contributed by atoms with Gasteiger partial charge in [-0.05, 0) is 31.5 Å². The maximum Gasteiger partial charge on any atom is 0.141 e. The van der Waals surface area contributed by atoms with Crippen molar-refractivity contribution in [2.24, 2.45) is 0 Å². The van der Waals surface area contributed by atoms with E-state index in [0.29, 0.717) is 22.3 Å². The molecule has 0 bridgehead atoms. The molecule has 1 atom stereocenters. The molecule has 5 heteroatoms. The van der Waals surface area contributed by atoms with Crippen LogP contribution < -0.4 is 0 Å². The minimum absolute atomic E-state index is 0.316. The highest BCUT2D eigenvalue weighted by atomic mass is 19.1. The number of aryl methyl sites for hydroxylation is 2. The van der Waals surface area contributed by atoms with Gasteiger partial charge in [-0.2, -0.15) is 5.10 Å². The van der Waals surface area contributed by atoms with E-state index in [0.717, 1.165) is 18.5 Å². The molecule has 0 amide bonds. The van der Waals surface area contributed by atoms with Gasteiger partial charge in [0.1, 0.15) is 23.3 Å². The van der Waals surface area contributed by atoms with Crippen LogP contribution in [-0.4, -0.2) is 14.9 Å². The zero-order chi connectivity index (χ0) is 15.0. The first-order valence-corrected chi connectivity index (χ1v) is 6.99. The van der Waals surface area contributed by atoms with Gasteiger partial charge in [0.05, 0.1) is 6.20 Å². The number of hydrogen-bond donors (Lipinski definition) is 1. The van der Waals surface area contributed by atoms with Crippen LogP contribution in [0, 0.1) is 12.7 Å². The van der Waals surface area contributed by atoms with Gasteiger partial charge in [-0.3, -0.25) is 4.68 Å². The molecule has 21 heavy (non-hydrogen) atoms. The number of halogens is 1. The van der Waals surface area contributed by atoms with Gasteiger partial charge in [0.15, 0.2) is 0 Å². The topological polar surface area (TPSA) is 51.2 Å². The molecule has 1 unspecified atom stereocenters. The molecule has 1 N–H and O–H groups in total. The molecule has 3 aromatic rings. The van der Waals surface area contributed by atoms with E-state index in [1.807, 2.05) is 6.92 Å². The lowest BCUT2D eigenvalue weighted by atomic mass is 10.1. The Morgan fingerprint density at radius 1 is 1.43 bits per heavy atom. The van der Waals surface area contributed by atoms with Gasteiger partial charge in [0.25, 0.3) is 0 Å². The quantitative estimate of drug-likeness (QED) is 0.798. The van der Waals surface area contributed by atoms with Crippen molar-refractivity contribution in [3.05, 3.63) is 53.3 Å². The third-order valence-corrected chi connectivity index (χ3v) is 3.61. The lowest BCUT2D eigenvalue weighted by Gasteiger charge is -2.06. The molecule has 2 heterocycles. The Bertz CT molecular complexity index is 776. The molecule has 2 aromatic heterocycles. The van der Waals surface area contributed by atoms with Crippen LogP contribution in [0.25, 0.3) is 11.0 Å². The lowest BCUT2D eigenvalue weighted by molar-refractivity contribution is 0.191. The summed E-state index contributed by atoms with van der Waals surface area (Å²) in [6.45, 7) is 4.69. The summed E-state index contributed by atoms with van der Waals surface area (Å²) in [7, 11) is 0. The fraction of sp³-hybridized carbons (Fsp3) is 0.312. The van der Waals surface area contributed by atoms with E-state index < -0.39 is 6.10 Å². The fourth-order valence-electron chi connectivity index (χ4n) is 2.50. The molecule has 0 fully saturated rings. The SMILES string of the molecule is CCCn1cc(C(O)c2oc3ccc(F)cc3c2C)cn1. The molecule has 110 valence electrons. The number of rotatable bonds is 4. The van der Waals surface area contributed by atoms with E-state index in [4.69, 9.17) is 4.42 Å². The van der Waals surface area contributed by atoms with Crippen molar-refractivity contribution in [1.82, 2.24) is 9.78 Å². The number of furan rings is 1. The second-order valence-corrected chi connectivity index (χ2v) is 5.17. The van der Waals surface area contributed by atoms with Gasteiger partial charge < -0.3 is 9.52 Å². The largest absolute Gasteiger partial charge is 0.458 e. The van der Waals surface area contributed by atoms with Gasteiger partial charge >= 0.3 is 0 Å². The highest BCUT2D eigenvalue weighted by Crippen LogP contribution is 2.32. The minimum atomic E-state index is -0.897. The summed E-state index contributed by atoms with van der Waals surface area (Å²) >= 11 is 0. The van der Waals surface area contributed by atoms with Crippen LogP contribution in [0.2, 0.25) is 0 Å². The van der Waals surface area contributed by atoms with Crippen LogP contribution in [0.5, 0.6) is 0 Å². The highest BCUT2D eigenvalue weighted by molar-refractivity contribution is 5.82. The Labute approximate surface area is 121 Å². The van der Waals surface area contributed by atoms with Crippen LogP contribution >= 0.6 is 0 Å². The Balaban J connectivity index is 2.00. The van der Waals surface area contributed by atoms with Gasteiger partial charge in [-0.1, -0.05) is 6.92 Å². The smallest absolute Gasteiger partial charge is 0.141 e. The maximum absolute atomic E-state index is 13.3. The van der Waals surface area contributed by atoms with Crippen molar-refractivity contribution in [3.8, 4) is 0 Å². The van der Waals surface area contributed by atoms with E-state index in [2.05, 4.69) is 12.0 Å². The lowest BCUT2D eigenvalue weighted by Crippen LogP contribution is -1.99. The average molecular weight is 288 g/mol. The van der Waals surface area contributed by atoms with Gasteiger partial charge in [-0.25, -0.2) is 4.39 Å². The second-order valence-electron chi connectivity index (χ2n) is 5.17. The van der Waals surface area contributed by atoms with E-state index in [9.17, 15) is 9.50 Å². The van der Waals surface area contributed by atoms with E-state index in [1.54, 1.807) is 23.1 Å². The molecule has 0 aliphatic rings. The van der Waals surface area contributed by atoms with E-state index in [1.165, 1.54) is 12.1 Å². The van der Waals surface area contributed by atoms with E-state index >= 15 is 0 Å². The van der Waals surface area contributed by atoms with Gasteiger partial charge in [0.2, 0.25) is 0 Å². The van der Waals surface area contributed by atoms with Gasteiger partial charge in [0, 0.05) is 29.3 Å². The third kappa shape index (κ3) is 2.45. The van der Waals surface area contributed by atoms with Crippen molar-refractivity contribution in [1.29, 1.82) is 0 Å².